The second-order valence-corrected chi connectivity index (χ2v) is 7.41. The lowest BCUT2D eigenvalue weighted by Gasteiger charge is -2.39. The number of carbonyl (C=O) groups is 1. The van der Waals surface area contributed by atoms with Gasteiger partial charge >= 0.3 is 0 Å². The van der Waals surface area contributed by atoms with Gasteiger partial charge in [-0.05, 0) is 55.8 Å². The molecule has 2 atom stereocenters. The molecule has 1 amide bonds. The molecule has 24 heavy (non-hydrogen) atoms. The Morgan fingerprint density at radius 3 is 2.54 bits per heavy atom. The number of piperidine rings is 1. The summed E-state index contributed by atoms with van der Waals surface area (Å²) in [5, 5.41) is 0. The fourth-order valence-electron chi connectivity index (χ4n) is 3.95. The van der Waals surface area contributed by atoms with E-state index >= 15 is 0 Å². The molecule has 1 aliphatic heterocycles. The summed E-state index contributed by atoms with van der Waals surface area (Å²) in [6, 6.07) is 9.16. The normalized spacial score (nSPS) is 24.4. The second-order valence-electron chi connectivity index (χ2n) is 7.41. The van der Waals surface area contributed by atoms with Crippen LogP contribution in [0.2, 0.25) is 0 Å². The molecule has 0 aromatic heterocycles. The summed E-state index contributed by atoms with van der Waals surface area (Å²) in [7, 11) is 0. The van der Waals surface area contributed by atoms with Crippen LogP contribution in [0.15, 0.2) is 24.3 Å². The number of hydrogen-bond acceptors (Lipinski definition) is 3. The second kappa shape index (κ2) is 7.66. The van der Waals surface area contributed by atoms with Crippen LogP contribution in [0.3, 0.4) is 0 Å². The Labute approximate surface area is 146 Å². The summed E-state index contributed by atoms with van der Waals surface area (Å²) in [5.74, 6) is 0.627. The maximum Gasteiger partial charge on any atom is 0.254 e. The summed E-state index contributed by atoms with van der Waals surface area (Å²) in [6.45, 7) is 7.89. The molecular weight excluding hydrogens is 298 g/mol. The topological polar surface area (TPSA) is 49.6 Å². The highest BCUT2D eigenvalue weighted by atomic mass is 16.2. The monoisotopic (exact) mass is 329 g/mol. The molecule has 2 fully saturated rings. The van der Waals surface area contributed by atoms with Crippen molar-refractivity contribution in [3.63, 3.8) is 0 Å². The maximum atomic E-state index is 12.9. The van der Waals surface area contributed by atoms with Gasteiger partial charge in [0.15, 0.2) is 0 Å². The van der Waals surface area contributed by atoms with Crippen molar-refractivity contribution in [2.45, 2.75) is 58.2 Å². The zero-order valence-electron chi connectivity index (χ0n) is 15.1. The lowest BCUT2D eigenvalue weighted by Crippen LogP contribution is -2.51. The zero-order valence-corrected chi connectivity index (χ0v) is 15.1. The molecule has 132 valence electrons. The minimum absolute atomic E-state index is 0.137. The van der Waals surface area contributed by atoms with Crippen LogP contribution in [0.4, 0.5) is 0 Å². The molecule has 1 aromatic carbocycles. The minimum Gasteiger partial charge on any atom is -0.334 e. The fourth-order valence-corrected chi connectivity index (χ4v) is 3.95. The van der Waals surface area contributed by atoms with Crippen molar-refractivity contribution in [2.24, 2.45) is 11.7 Å². The molecule has 0 unspecified atom stereocenters. The van der Waals surface area contributed by atoms with Crippen molar-refractivity contribution in [2.75, 3.05) is 19.6 Å². The molecule has 4 heteroatoms. The van der Waals surface area contributed by atoms with Crippen molar-refractivity contribution in [3.8, 4) is 0 Å². The highest BCUT2D eigenvalue weighted by molar-refractivity contribution is 5.94. The molecular formula is C20H31N3O. The average molecular weight is 329 g/mol. The van der Waals surface area contributed by atoms with E-state index in [-0.39, 0.29) is 11.9 Å². The van der Waals surface area contributed by atoms with Gasteiger partial charge in [0.2, 0.25) is 0 Å². The molecule has 1 aliphatic carbocycles. The van der Waals surface area contributed by atoms with E-state index < -0.39 is 0 Å². The van der Waals surface area contributed by atoms with Gasteiger partial charge in [-0.1, -0.05) is 26.0 Å². The minimum atomic E-state index is 0.137. The summed E-state index contributed by atoms with van der Waals surface area (Å²) in [5.41, 5.74) is 8.02. The Morgan fingerprint density at radius 1 is 1.25 bits per heavy atom. The average Bonchev–Trinajstić information content (AvgIpc) is 3.44. The molecule has 2 N–H and O–H groups in total. The predicted molar refractivity (Wildman–Crippen MR) is 97.8 cm³/mol. The number of amides is 1. The van der Waals surface area contributed by atoms with Gasteiger partial charge in [0.1, 0.15) is 0 Å². The number of nitrogens with zero attached hydrogens (tertiary/aromatic N) is 2. The van der Waals surface area contributed by atoms with E-state index in [9.17, 15) is 4.79 Å². The number of carbonyl (C=O) groups excluding carboxylic acids is 1. The molecule has 1 aromatic rings. The van der Waals surface area contributed by atoms with Crippen molar-refractivity contribution in [1.29, 1.82) is 0 Å². The number of likely N-dealkylation sites (tertiary alicyclic amines) is 1. The predicted octanol–water partition coefficient (Wildman–Crippen LogP) is 2.87. The van der Waals surface area contributed by atoms with Crippen LogP contribution in [0, 0.1) is 5.92 Å². The smallest absolute Gasteiger partial charge is 0.254 e. The van der Waals surface area contributed by atoms with Crippen LogP contribution >= 0.6 is 0 Å². The Kier molecular flexibility index (Phi) is 5.57. The molecule has 0 bridgehead atoms. The third kappa shape index (κ3) is 3.81. The number of hydrogen-bond donors (Lipinski definition) is 1. The highest BCUT2D eigenvalue weighted by Gasteiger charge is 2.31. The Hall–Kier alpha value is -1.39. The third-order valence-corrected chi connectivity index (χ3v) is 5.67. The van der Waals surface area contributed by atoms with Crippen LogP contribution < -0.4 is 5.73 Å². The Balaban J connectivity index is 1.66. The quantitative estimate of drug-likeness (QED) is 0.873. The van der Waals surface area contributed by atoms with Gasteiger partial charge in [-0.2, -0.15) is 0 Å². The molecule has 1 heterocycles. The molecule has 2 aliphatic rings. The Bertz CT molecular complexity index is 553. The van der Waals surface area contributed by atoms with Crippen molar-refractivity contribution < 1.29 is 4.79 Å². The van der Waals surface area contributed by atoms with E-state index in [2.05, 4.69) is 30.9 Å². The Morgan fingerprint density at radius 2 is 1.96 bits per heavy atom. The van der Waals surface area contributed by atoms with E-state index in [1.54, 1.807) is 0 Å². The van der Waals surface area contributed by atoms with Gasteiger partial charge in [-0.3, -0.25) is 9.69 Å². The summed E-state index contributed by atoms with van der Waals surface area (Å²) in [6.07, 6.45) is 4.91. The summed E-state index contributed by atoms with van der Waals surface area (Å²) < 4.78 is 0. The molecule has 3 rings (SSSR count). The summed E-state index contributed by atoms with van der Waals surface area (Å²) in [4.78, 5) is 17.4. The molecule has 4 nitrogen and oxygen atoms in total. The van der Waals surface area contributed by atoms with Gasteiger partial charge in [0.25, 0.3) is 5.91 Å². The fraction of sp³-hybridized carbons (Fsp3) is 0.650. The lowest BCUT2D eigenvalue weighted by atomic mass is 9.90. The molecule has 1 saturated carbocycles. The van der Waals surface area contributed by atoms with Crippen LogP contribution in [0.5, 0.6) is 0 Å². The van der Waals surface area contributed by atoms with Crippen LogP contribution in [0.25, 0.3) is 0 Å². The first kappa shape index (κ1) is 17.4. The third-order valence-electron chi connectivity index (χ3n) is 5.67. The van der Waals surface area contributed by atoms with E-state index in [0.29, 0.717) is 12.5 Å². The van der Waals surface area contributed by atoms with Crippen LogP contribution in [-0.2, 0) is 6.54 Å². The van der Waals surface area contributed by atoms with Crippen molar-refractivity contribution in [1.82, 2.24) is 9.80 Å². The van der Waals surface area contributed by atoms with E-state index in [0.717, 1.165) is 37.7 Å². The summed E-state index contributed by atoms with van der Waals surface area (Å²) >= 11 is 0. The van der Waals surface area contributed by atoms with Gasteiger partial charge in [-0.15, -0.1) is 0 Å². The standard InChI is InChI=1S/C20H31N3O/c1-3-22(18-10-11-18)14-16-6-8-17(9-7-16)20(24)23-12-4-5-15(2)19(23)13-21/h6-9,15,18-19H,3-5,10-14,21H2,1-2H3/t15-,19-/m1/s1. The number of benzene rings is 1. The van der Waals surface area contributed by atoms with Crippen LogP contribution in [0.1, 0.15) is 55.5 Å². The van der Waals surface area contributed by atoms with E-state index in [1.807, 2.05) is 17.0 Å². The lowest BCUT2D eigenvalue weighted by molar-refractivity contribution is 0.0532. The SMILES string of the molecule is CCN(Cc1ccc(C(=O)N2CCC[C@@H](C)[C@H]2CN)cc1)C1CC1. The maximum absolute atomic E-state index is 12.9. The van der Waals surface area contributed by atoms with Gasteiger partial charge in [-0.25, -0.2) is 0 Å². The molecule has 0 radical (unpaired) electrons. The van der Waals surface area contributed by atoms with Crippen LogP contribution in [-0.4, -0.2) is 47.4 Å². The first-order chi connectivity index (χ1) is 11.6. The molecule has 1 saturated heterocycles. The van der Waals surface area contributed by atoms with Gasteiger partial charge in [0.05, 0.1) is 0 Å². The zero-order chi connectivity index (χ0) is 17.1. The van der Waals surface area contributed by atoms with E-state index in [4.69, 9.17) is 5.73 Å². The van der Waals surface area contributed by atoms with Gasteiger partial charge < -0.3 is 10.6 Å². The van der Waals surface area contributed by atoms with Crippen molar-refractivity contribution in [3.05, 3.63) is 35.4 Å². The molecule has 0 spiro atoms. The first-order valence-corrected chi connectivity index (χ1v) is 9.48. The van der Waals surface area contributed by atoms with Gasteiger partial charge in [0, 0.05) is 37.3 Å². The number of nitrogens with two attached hydrogens (primary N) is 1. The largest absolute Gasteiger partial charge is 0.334 e. The first-order valence-electron chi connectivity index (χ1n) is 9.48. The highest BCUT2D eigenvalue weighted by Crippen LogP contribution is 2.28. The number of rotatable bonds is 6. The van der Waals surface area contributed by atoms with Crippen molar-refractivity contribution >= 4 is 5.91 Å². The van der Waals surface area contributed by atoms with E-state index in [1.165, 1.54) is 24.8 Å².